The summed E-state index contributed by atoms with van der Waals surface area (Å²) in [6.07, 6.45) is 7.65. The molecule has 1 N–H and O–H groups in total. The van der Waals surface area contributed by atoms with Crippen LogP contribution in [0.5, 0.6) is 0 Å². The zero-order valence-corrected chi connectivity index (χ0v) is 17.6. The number of ether oxygens (including phenoxy) is 1. The van der Waals surface area contributed by atoms with Crippen LogP contribution in [-0.4, -0.2) is 51.4 Å². The highest BCUT2D eigenvalue weighted by molar-refractivity contribution is 7.90. The Kier molecular flexibility index (Phi) is 6.15. The summed E-state index contributed by atoms with van der Waals surface area (Å²) in [5.74, 6) is 0.568. The van der Waals surface area contributed by atoms with Crippen molar-refractivity contribution in [3.8, 4) is 0 Å². The molecule has 6 nitrogen and oxygen atoms in total. The van der Waals surface area contributed by atoms with Crippen molar-refractivity contribution in [1.29, 1.82) is 0 Å². The highest BCUT2D eigenvalue weighted by Crippen LogP contribution is 2.55. The Hall–Kier alpha value is -1.47. The topological polar surface area (TPSA) is 89.5 Å². The Balaban J connectivity index is 1.80. The van der Waals surface area contributed by atoms with Gasteiger partial charge < -0.3 is 10.1 Å². The lowest BCUT2D eigenvalue weighted by atomic mass is 9.53. The van der Waals surface area contributed by atoms with Crippen LogP contribution in [0.25, 0.3) is 0 Å². The van der Waals surface area contributed by atoms with Crippen LogP contribution in [0.2, 0.25) is 0 Å². The maximum absolute atomic E-state index is 12.2. The van der Waals surface area contributed by atoms with E-state index in [1.807, 2.05) is 0 Å². The Bertz CT molecular complexity index is 800. The minimum atomic E-state index is -3.09. The summed E-state index contributed by atoms with van der Waals surface area (Å²) in [5.41, 5.74) is 1.75. The van der Waals surface area contributed by atoms with Gasteiger partial charge in [0.2, 0.25) is 0 Å². The van der Waals surface area contributed by atoms with Crippen LogP contribution in [0.4, 0.5) is 0 Å². The molecule has 0 aromatic carbocycles. The quantitative estimate of drug-likeness (QED) is 0.512. The van der Waals surface area contributed by atoms with Gasteiger partial charge in [-0.15, -0.1) is 0 Å². The molecule has 3 aliphatic rings. The van der Waals surface area contributed by atoms with Crippen LogP contribution >= 0.6 is 0 Å². The van der Waals surface area contributed by atoms with E-state index in [0.29, 0.717) is 36.5 Å². The third-order valence-corrected chi connectivity index (χ3v) is 7.86. The molecule has 3 rings (SSSR count). The van der Waals surface area contributed by atoms with Gasteiger partial charge in [0.25, 0.3) is 0 Å². The molecule has 0 aromatic heterocycles. The van der Waals surface area contributed by atoms with Crippen LogP contribution < -0.4 is 5.32 Å². The number of sulfone groups is 1. The number of fused-ring (bicyclic) bond motifs is 1. The van der Waals surface area contributed by atoms with Crippen LogP contribution in [0.15, 0.2) is 23.8 Å². The van der Waals surface area contributed by atoms with E-state index >= 15 is 0 Å². The summed E-state index contributed by atoms with van der Waals surface area (Å²) < 4.78 is 28.1. The number of hydrogen-bond donors (Lipinski definition) is 1. The standard InChI is InChI=1S/C21H31NO5S/c1-14-4-5-15-12-16(23)6-8-21(15,2)18(14)13-19(17-7-10-27-20(17)24)22-9-11-28(3,25)26/h7,15,18-19,22H,1,4-6,8-13H2,2-3H3/t15?,18-,19?,21+/m1/s1. The average molecular weight is 410 g/mol. The molecule has 2 fully saturated rings. The molecule has 0 amide bonds. The fourth-order valence-corrected chi connectivity index (χ4v) is 5.67. The summed E-state index contributed by atoms with van der Waals surface area (Å²) in [5, 5.41) is 3.28. The van der Waals surface area contributed by atoms with Crippen LogP contribution in [0.1, 0.15) is 45.4 Å². The molecule has 0 aromatic rings. The number of carbonyl (C=O) groups excluding carboxylic acids is 2. The molecule has 4 atom stereocenters. The minimum absolute atomic E-state index is 0.0108. The fraction of sp³-hybridized carbons (Fsp3) is 0.714. The van der Waals surface area contributed by atoms with Crippen LogP contribution in [0, 0.1) is 17.3 Å². The van der Waals surface area contributed by atoms with Gasteiger partial charge in [-0.1, -0.05) is 19.1 Å². The van der Waals surface area contributed by atoms with Crippen molar-refractivity contribution in [3.05, 3.63) is 23.8 Å². The van der Waals surface area contributed by atoms with Crippen molar-refractivity contribution in [2.24, 2.45) is 17.3 Å². The zero-order valence-electron chi connectivity index (χ0n) is 16.8. The molecule has 1 heterocycles. The number of allylic oxidation sites excluding steroid dienone is 1. The highest BCUT2D eigenvalue weighted by Gasteiger charge is 2.49. The first-order valence-electron chi connectivity index (χ1n) is 10.1. The van der Waals surface area contributed by atoms with E-state index in [4.69, 9.17) is 4.74 Å². The maximum atomic E-state index is 12.2. The molecule has 2 unspecified atom stereocenters. The third kappa shape index (κ3) is 4.57. The Morgan fingerprint density at radius 1 is 1.36 bits per heavy atom. The molecule has 28 heavy (non-hydrogen) atoms. The van der Waals surface area contributed by atoms with Gasteiger partial charge in [0.15, 0.2) is 0 Å². The van der Waals surface area contributed by atoms with E-state index in [1.165, 1.54) is 11.8 Å². The van der Waals surface area contributed by atoms with Gasteiger partial charge in [0, 0.05) is 31.7 Å². The second-order valence-corrected chi connectivity index (χ2v) is 11.1. The van der Waals surface area contributed by atoms with Crippen molar-refractivity contribution >= 4 is 21.6 Å². The lowest BCUT2D eigenvalue weighted by Gasteiger charge is -2.52. The van der Waals surface area contributed by atoms with Crippen molar-refractivity contribution < 1.29 is 22.7 Å². The highest BCUT2D eigenvalue weighted by atomic mass is 32.2. The van der Waals surface area contributed by atoms with Crippen molar-refractivity contribution in [2.75, 3.05) is 25.2 Å². The predicted octanol–water partition coefficient (Wildman–Crippen LogP) is 2.20. The number of rotatable bonds is 7. The molecular weight excluding hydrogens is 378 g/mol. The second-order valence-electron chi connectivity index (χ2n) is 8.83. The Morgan fingerprint density at radius 3 is 2.75 bits per heavy atom. The molecule has 156 valence electrons. The van der Waals surface area contributed by atoms with Crippen molar-refractivity contribution in [1.82, 2.24) is 5.32 Å². The first kappa shape index (κ1) is 21.2. The number of Topliss-reactive ketones (excluding diaryl/α,β-unsaturated/α-hetero) is 1. The van der Waals surface area contributed by atoms with Gasteiger partial charge in [-0.05, 0) is 49.0 Å². The maximum Gasteiger partial charge on any atom is 0.335 e. The molecule has 2 aliphatic carbocycles. The normalized spacial score (nSPS) is 31.9. The largest absolute Gasteiger partial charge is 0.458 e. The monoisotopic (exact) mass is 409 g/mol. The van der Waals surface area contributed by atoms with E-state index in [2.05, 4.69) is 18.8 Å². The van der Waals surface area contributed by atoms with Gasteiger partial charge in [-0.25, -0.2) is 13.2 Å². The van der Waals surface area contributed by atoms with Gasteiger partial charge in [0.1, 0.15) is 22.2 Å². The molecule has 7 heteroatoms. The number of esters is 1. The fourth-order valence-electron chi connectivity index (χ4n) is 5.18. The average Bonchev–Trinajstić information content (AvgIpc) is 3.02. The van der Waals surface area contributed by atoms with Crippen molar-refractivity contribution in [2.45, 2.75) is 51.5 Å². The van der Waals surface area contributed by atoms with Crippen LogP contribution in [0.3, 0.4) is 0 Å². The van der Waals surface area contributed by atoms with Gasteiger partial charge >= 0.3 is 5.97 Å². The zero-order chi connectivity index (χ0) is 20.5. The summed E-state index contributed by atoms with van der Waals surface area (Å²) in [6.45, 7) is 7.13. The van der Waals surface area contributed by atoms with E-state index in [9.17, 15) is 18.0 Å². The SMILES string of the molecule is C=C1CCC2CC(=O)CC[C@]2(C)[C@@H]1CC(NCCS(C)(=O)=O)C1=CCOC1=O. The smallest absolute Gasteiger partial charge is 0.335 e. The lowest BCUT2D eigenvalue weighted by molar-refractivity contribution is -0.136. The number of cyclic esters (lactones) is 1. The molecule has 2 saturated carbocycles. The third-order valence-electron chi connectivity index (χ3n) is 6.92. The van der Waals surface area contributed by atoms with E-state index in [0.717, 1.165) is 19.3 Å². The number of carbonyl (C=O) groups is 2. The van der Waals surface area contributed by atoms with Crippen molar-refractivity contribution in [3.63, 3.8) is 0 Å². The molecular formula is C21H31NO5S. The molecule has 0 bridgehead atoms. The van der Waals surface area contributed by atoms with Gasteiger partial charge in [-0.2, -0.15) is 0 Å². The van der Waals surface area contributed by atoms with E-state index < -0.39 is 9.84 Å². The molecule has 0 saturated heterocycles. The van der Waals surface area contributed by atoms with Gasteiger partial charge in [-0.3, -0.25) is 4.79 Å². The summed E-state index contributed by atoms with van der Waals surface area (Å²) >= 11 is 0. The second kappa shape index (κ2) is 8.11. The van der Waals surface area contributed by atoms with E-state index in [1.54, 1.807) is 6.08 Å². The van der Waals surface area contributed by atoms with E-state index in [-0.39, 0.29) is 42.2 Å². The number of hydrogen-bond acceptors (Lipinski definition) is 6. The number of ketones is 1. The summed E-state index contributed by atoms with van der Waals surface area (Å²) in [6, 6.07) is -0.272. The minimum Gasteiger partial charge on any atom is -0.458 e. The van der Waals surface area contributed by atoms with Crippen LogP contribution in [-0.2, 0) is 24.2 Å². The predicted molar refractivity (Wildman–Crippen MR) is 107 cm³/mol. The Morgan fingerprint density at radius 2 is 2.11 bits per heavy atom. The van der Waals surface area contributed by atoms with Gasteiger partial charge in [0.05, 0.1) is 11.3 Å². The molecule has 0 radical (unpaired) electrons. The summed E-state index contributed by atoms with van der Waals surface area (Å²) in [7, 11) is -3.09. The lowest BCUT2D eigenvalue weighted by Crippen LogP contribution is -2.47. The Labute approximate surface area is 167 Å². The first-order valence-corrected chi connectivity index (χ1v) is 12.1. The molecule has 1 aliphatic heterocycles. The number of nitrogens with one attached hydrogen (secondary N) is 1. The first-order chi connectivity index (χ1) is 13.1. The molecule has 0 spiro atoms. The summed E-state index contributed by atoms with van der Waals surface area (Å²) in [4.78, 5) is 24.2.